The van der Waals surface area contributed by atoms with Crippen LogP contribution in [-0.4, -0.2) is 9.97 Å². The van der Waals surface area contributed by atoms with Crippen molar-refractivity contribution in [2.45, 2.75) is 26.2 Å². The molecule has 14 aromatic carbocycles. The van der Waals surface area contributed by atoms with Crippen molar-refractivity contribution in [3.05, 3.63) is 291 Å². The largest absolute Gasteiger partial charge is 0.244 e. The van der Waals surface area contributed by atoms with Gasteiger partial charge in [0.05, 0.1) is 5.52 Å². The van der Waals surface area contributed by atoms with Crippen LogP contribution in [-0.2, 0) is 5.41 Å². The van der Waals surface area contributed by atoms with Gasteiger partial charge in [-0.1, -0.05) is 263 Å². The molecule has 82 heavy (non-hydrogen) atoms. The molecule has 0 aliphatic carbocycles. The molecule has 2 heteroatoms. The Morgan fingerprint density at radius 3 is 1.09 bits per heavy atom. The fourth-order valence-corrected chi connectivity index (χ4v) is 13.2. The van der Waals surface area contributed by atoms with Crippen LogP contribution in [0.2, 0.25) is 0 Å². The molecular weight excluding hydrogens is 989 g/mol. The Labute approximate surface area is 477 Å². The van der Waals surface area contributed by atoms with Gasteiger partial charge in [0.25, 0.3) is 0 Å². The van der Waals surface area contributed by atoms with E-state index in [2.05, 4.69) is 299 Å². The molecule has 0 amide bonds. The summed E-state index contributed by atoms with van der Waals surface area (Å²) in [6, 6.07) is 101. The molecule has 0 aliphatic rings. The topological polar surface area (TPSA) is 25.8 Å². The van der Waals surface area contributed by atoms with Crippen molar-refractivity contribution in [1.29, 1.82) is 0 Å². The SMILES string of the molecule is CC(C)(C)c1ccc(-c2cc(-c3ccccc3)c(-c3ccccc3)c(-c3ccccc3)c2-c2ccccc2)cc1-c1ccc2c3ccccc3c3cc4c(cc3c3ccccc3c2c1)c1ccccc1c1cncnc1c1ccccc41. The van der Waals surface area contributed by atoms with Crippen LogP contribution in [0.25, 0.3) is 153 Å². The molecule has 2 nitrogen and oxygen atoms in total. The van der Waals surface area contributed by atoms with Crippen molar-refractivity contribution in [3.63, 3.8) is 0 Å². The summed E-state index contributed by atoms with van der Waals surface area (Å²) in [7, 11) is 0. The highest BCUT2D eigenvalue weighted by Crippen LogP contribution is 2.52. The van der Waals surface area contributed by atoms with Crippen LogP contribution in [0.5, 0.6) is 0 Å². The lowest BCUT2D eigenvalue weighted by Crippen LogP contribution is -2.13. The zero-order chi connectivity index (χ0) is 54.9. The molecule has 0 N–H and O–H groups in total. The second-order valence-corrected chi connectivity index (χ2v) is 22.7. The van der Waals surface area contributed by atoms with Crippen LogP contribution < -0.4 is 0 Å². The molecule has 0 atom stereocenters. The maximum Gasteiger partial charge on any atom is 0.116 e. The Hall–Kier alpha value is -10.3. The summed E-state index contributed by atoms with van der Waals surface area (Å²) in [5.41, 5.74) is 16.3. The van der Waals surface area contributed by atoms with Gasteiger partial charge in [0.15, 0.2) is 0 Å². The quantitative estimate of drug-likeness (QED) is 0.166. The maximum atomic E-state index is 4.96. The standard InChI is InChI=1S/C80H56N2/c1-80(2,3)75-43-41-56(68-46-67(51-24-8-4-9-25-51)76(52-26-10-5-11-27-52)78(54-30-14-7-15-31-54)77(68)53-28-12-6-13-29-53)44-66(75)55-40-42-64-57-32-16-17-33-58(57)70-48-73-63-38-22-23-39-65(63)79-74(49-81-50-82-79)62-37-21-20-36-61(62)72(73)47-71(70)60-35-19-18-34-59(60)69(64)45-55/h4-50H,1-3H3. The Morgan fingerprint density at radius 1 is 0.244 bits per heavy atom. The number of hydrogen-bond acceptors (Lipinski definition) is 2. The predicted octanol–water partition coefficient (Wildman–Crippen LogP) is 22.1. The Bertz CT molecular complexity index is 5100. The summed E-state index contributed by atoms with van der Waals surface area (Å²) in [6.07, 6.45) is 3.65. The van der Waals surface area contributed by atoms with Crippen LogP contribution in [0.4, 0.5) is 0 Å². The highest BCUT2D eigenvalue weighted by molar-refractivity contribution is 6.32. The van der Waals surface area contributed by atoms with E-state index in [1.54, 1.807) is 6.33 Å². The van der Waals surface area contributed by atoms with E-state index < -0.39 is 0 Å². The fraction of sp³-hybridized carbons (Fsp3) is 0.0500. The lowest BCUT2D eigenvalue weighted by Gasteiger charge is -2.27. The summed E-state index contributed by atoms with van der Waals surface area (Å²) >= 11 is 0. The van der Waals surface area contributed by atoms with Crippen molar-refractivity contribution in [2.24, 2.45) is 0 Å². The van der Waals surface area contributed by atoms with E-state index in [9.17, 15) is 0 Å². The monoisotopic (exact) mass is 1040 g/mol. The average molecular weight is 1050 g/mol. The van der Waals surface area contributed by atoms with E-state index in [1.165, 1.54) is 121 Å². The summed E-state index contributed by atoms with van der Waals surface area (Å²) in [5.74, 6) is 0. The van der Waals surface area contributed by atoms with E-state index in [4.69, 9.17) is 4.98 Å². The first kappa shape index (κ1) is 48.8. The third-order valence-corrected chi connectivity index (χ3v) is 16.9. The van der Waals surface area contributed by atoms with Gasteiger partial charge in [0.2, 0.25) is 0 Å². The molecule has 0 saturated heterocycles. The van der Waals surface area contributed by atoms with E-state index in [0.29, 0.717) is 0 Å². The van der Waals surface area contributed by atoms with Crippen molar-refractivity contribution >= 4 is 86.3 Å². The van der Waals surface area contributed by atoms with Crippen LogP contribution in [0.3, 0.4) is 0 Å². The van der Waals surface area contributed by atoms with E-state index in [-0.39, 0.29) is 5.41 Å². The Kier molecular flexibility index (Phi) is 11.8. The molecule has 1 aromatic heterocycles. The number of fused-ring (bicyclic) bond motifs is 16. The average Bonchev–Trinajstić information content (AvgIpc) is 3.11. The van der Waals surface area contributed by atoms with Gasteiger partial charge in [0, 0.05) is 17.0 Å². The lowest BCUT2D eigenvalue weighted by molar-refractivity contribution is 0.592. The van der Waals surface area contributed by atoms with Crippen molar-refractivity contribution < 1.29 is 0 Å². The first-order valence-electron chi connectivity index (χ1n) is 28.4. The Morgan fingerprint density at radius 2 is 0.598 bits per heavy atom. The molecule has 15 rings (SSSR count). The van der Waals surface area contributed by atoms with Crippen LogP contribution in [0.1, 0.15) is 26.3 Å². The summed E-state index contributed by atoms with van der Waals surface area (Å²) in [4.78, 5) is 9.54. The third-order valence-electron chi connectivity index (χ3n) is 16.9. The van der Waals surface area contributed by atoms with Gasteiger partial charge in [-0.05, 0) is 178 Å². The van der Waals surface area contributed by atoms with Gasteiger partial charge in [-0.25, -0.2) is 9.97 Å². The number of aromatic nitrogens is 2. The van der Waals surface area contributed by atoms with Crippen LogP contribution in [0, 0.1) is 0 Å². The molecule has 386 valence electrons. The fourth-order valence-electron chi connectivity index (χ4n) is 13.2. The van der Waals surface area contributed by atoms with E-state index in [0.717, 1.165) is 38.0 Å². The van der Waals surface area contributed by atoms with E-state index in [1.807, 2.05) is 6.20 Å². The summed E-state index contributed by atoms with van der Waals surface area (Å²) in [6.45, 7) is 7.04. The minimum absolute atomic E-state index is 0.177. The number of nitrogens with zero attached hydrogens (tertiary/aromatic N) is 2. The Balaban J connectivity index is 1.05. The van der Waals surface area contributed by atoms with Gasteiger partial charge in [0.1, 0.15) is 6.33 Å². The zero-order valence-electron chi connectivity index (χ0n) is 46.0. The maximum absolute atomic E-state index is 4.96. The van der Waals surface area contributed by atoms with Crippen molar-refractivity contribution in [3.8, 4) is 66.8 Å². The first-order chi connectivity index (χ1) is 40.4. The molecule has 0 unspecified atom stereocenters. The zero-order valence-corrected chi connectivity index (χ0v) is 46.0. The van der Waals surface area contributed by atoms with Gasteiger partial charge in [-0.15, -0.1) is 0 Å². The van der Waals surface area contributed by atoms with Crippen LogP contribution >= 0.6 is 0 Å². The minimum atomic E-state index is -0.177. The normalized spacial score (nSPS) is 11.8. The molecule has 0 fully saturated rings. The van der Waals surface area contributed by atoms with E-state index >= 15 is 0 Å². The minimum Gasteiger partial charge on any atom is -0.244 e. The van der Waals surface area contributed by atoms with Crippen LogP contribution in [0.15, 0.2) is 286 Å². The molecule has 0 saturated carbocycles. The second kappa shape index (κ2) is 19.8. The van der Waals surface area contributed by atoms with Gasteiger partial charge >= 0.3 is 0 Å². The third kappa shape index (κ3) is 8.17. The molecule has 0 bridgehead atoms. The van der Waals surface area contributed by atoms with Gasteiger partial charge < -0.3 is 0 Å². The molecule has 15 aromatic rings. The molecule has 0 spiro atoms. The molecule has 0 radical (unpaired) electrons. The summed E-state index contributed by atoms with van der Waals surface area (Å²) < 4.78 is 0. The predicted molar refractivity (Wildman–Crippen MR) is 351 cm³/mol. The highest BCUT2D eigenvalue weighted by atomic mass is 14.8. The van der Waals surface area contributed by atoms with Crippen molar-refractivity contribution in [2.75, 3.05) is 0 Å². The molecule has 1 heterocycles. The van der Waals surface area contributed by atoms with Gasteiger partial charge in [-0.2, -0.15) is 0 Å². The smallest absolute Gasteiger partial charge is 0.116 e. The number of hydrogen-bond donors (Lipinski definition) is 0. The lowest BCUT2D eigenvalue weighted by atomic mass is 9.77. The van der Waals surface area contributed by atoms with Crippen molar-refractivity contribution in [1.82, 2.24) is 9.97 Å². The number of benzene rings is 12. The second-order valence-electron chi connectivity index (χ2n) is 22.7. The number of rotatable bonds is 6. The molecular formula is C80H56N2. The molecule has 0 aliphatic heterocycles. The van der Waals surface area contributed by atoms with Gasteiger partial charge in [-0.3, -0.25) is 0 Å². The summed E-state index contributed by atoms with van der Waals surface area (Å²) in [5, 5.41) is 17.5. The first-order valence-corrected chi connectivity index (χ1v) is 28.4. The highest BCUT2D eigenvalue weighted by Gasteiger charge is 2.26.